The van der Waals surface area contributed by atoms with Gasteiger partial charge in [0.15, 0.2) is 17.5 Å². The second kappa shape index (κ2) is 30.4. The molecule has 0 unspecified atom stereocenters. The summed E-state index contributed by atoms with van der Waals surface area (Å²) in [4.78, 5) is 36.3. The maximum Gasteiger partial charge on any atom is 0.238 e. The van der Waals surface area contributed by atoms with Crippen molar-refractivity contribution in [2.75, 3.05) is 0 Å². The Morgan fingerprint density at radius 2 is 0.523 bits per heavy atom. The van der Waals surface area contributed by atoms with Crippen molar-refractivity contribution in [2.45, 2.75) is 57.8 Å². The molecule has 10 nitrogen and oxygen atoms in total. The fourth-order valence-electron chi connectivity index (χ4n) is 20.8. The van der Waals surface area contributed by atoms with Crippen molar-refractivity contribution >= 4 is 76.5 Å². The van der Waals surface area contributed by atoms with Crippen molar-refractivity contribution < 1.29 is 0 Å². The Labute approximate surface area is 753 Å². The molecule has 0 fully saturated rings. The van der Waals surface area contributed by atoms with Gasteiger partial charge in [0.05, 0.1) is 55.5 Å². The largest absolute Gasteiger partial charge is 0.292 e. The van der Waals surface area contributed by atoms with Gasteiger partial charge in [0.1, 0.15) is 5.69 Å². The Morgan fingerprint density at radius 1 is 0.185 bits per heavy atom. The van der Waals surface area contributed by atoms with Crippen LogP contribution < -0.4 is 0 Å². The lowest BCUT2D eigenvalue weighted by molar-refractivity contribution is 0.660. The molecule has 17 aromatic carbocycles. The van der Waals surface area contributed by atoms with Crippen molar-refractivity contribution in [2.24, 2.45) is 0 Å². The van der Waals surface area contributed by atoms with Gasteiger partial charge in [-0.05, 0) is 174 Å². The minimum absolute atomic E-state index is 0.0846. The van der Waals surface area contributed by atoms with Gasteiger partial charge in [-0.2, -0.15) is 9.97 Å². The molecule has 616 valence electrons. The van der Waals surface area contributed by atoms with Gasteiger partial charge in [-0.25, -0.2) is 24.9 Å². The fourth-order valence-corrected chi connectivity index (χ4v) is 20.8. The molecule has 0 atom stereocenters. The Hall–Kier alpha value is -16.4. The first-order valence-electron chi connectivity index (χ1n) is 44.7. The summed E-state index contributed by atoms with van der Waals surface area (Å²) in [6.07, 6.45) is 0. The van der Waals surface area contributed by atoms with E-state index < -0.39 is 0 Å². The average molecular weight is 1670 g/mol. The Bertz CT molecular complexity index is 8420. The van der Waals surface area contributed by atoms with Crippen LogP contribution in [-0.4, -0.2) is 48.6 Å². The number of nitrogens with zero attached hydrogens (tertiary/aromatic N) is 10. The third-order valence-electron chi connectivity index (χ3n) is 27.3. The van der Waals surface area contributed by atoms with Gasteiger partial charge in [0.2, 0.25) is 11.9 Å². The predicted molar refractivity (Wildman–Crippen MR) is 535 cm³/mol. The van der Waals surface area contributed by atoms with E-state index >= 15 is 0 Å². The highest BCUT2D eigenvalue weighted by Crippen LogP contribution is 2.55. The SMILES string of the molecule is CC1(C)c2ccccc2-c2cc3c4cc(-c5ccccc5)ccc4n(-c4nc(-c5ccccc5)nc(-c5ccccc5)n4)c3cc21.CC1(C)c2ccccc2-c2cc3c4ccccc4n(-c4nc(-c5ccccc5)cc(-c5cccc(-c6ccccc6)c5)n4)c3cc21.CC1(C)c2ccccc2-c2cc3c4ccccc4n(-c4nc5ccccc5nc4-c4ccccc4)c3cc21. The van der Waals surface area contributed by atoms with Gasteiger partial charge in [0.25, 0.3) is 0 Å². The number of benzene rings is 17. The normalized spacial score (nSPS) is 13.3. The zero-order valence-electron chi connectivity index (χ0n) is 72.7. The molecule has 23 aromatic rings. The lowest BCUT2D eigenvalue weighted by atomic mass is 9.82. The fraction of sp³-hybridized carbons (Fsp3) is 0.0750. The van der Waals surface area contributed by atoms with E-state index in [0.717, 1.165) is 100 Å². The summed E-state index contributed by atoms with van der Waals surface area (Å²) in [5, 5.41) is 7.22. The summed E-state index contributed by atoms with van der Waals surface area (Å²) in [6.45, 7) is 14.0. The molecule has 130 heavy (non-hydrogen) atoms. The van der Waals surface area contributed by atoms with Crippen molar-refractivity contribution in [3.8, 4) is 130 Å². The van der Waals surface area contributed by atoms with Crippen LogP contribution >= 0.6 is 0 Å². The second-order valence-electron chi connectivity index (χ2n) is 35.9. The van der Waals surface area contributed by atoms with E-state index in [1.165, 1.54) is 116 Å². The van der Waals surface area contributed by atoms with Crippen LogP contribution in [0.1, 0.15) is 74.9 Å². The number of fused-ring (bicyclic) bond motifs is 19. The predicted octanol–water partition coefficient (Wildman–Crippen LogP) is 29.9. The maximum absolute atomic E-state index is 5.33. The molecule has 0 saturated heterocycles. The van der Waals surface area contributed by atoms with Crippen molar-refractivity contribution in [1.82, 2.24) is 48.6 Å². The molecule has 0 bridgehead atoms. The van der Waals surface area contributed by atoms with Crippen LogP contribution in [0.2, 0.25) is 0 Å². The minimum atomic E-state index is -0.139. The molecule has 6 aromatic heterocycles. The number of aromatic nitrogens is 10. The summed E-state index contributed by atoms with van der Waals surface area (Å²) < 4.78 is 6.83. The zero-order valence-corrected chi connectivity index (χ0v) is 72.7. The standard InChI is InChI=1S/C43H31N3.C42H30N4.C35H25N3/c1-43(2)36-22-11-9-20-32(36)34-25-35-33-21-10-12-23-40(33)46(41(35)26-37(34)43)42-44-38(29-16-7-4-8-17-29)27-39(45-42)31-19-13-18-30(24-31)28-14-5-3-6-15-28;1-42(2)35-21-13-12-20-31(35)32-25-34-33-24-30(27-14-6-3-7-15-27)22-23-37(33)46(38(34)26-36(32)42)41-44-39(28-16-8-4-9-17-28)43-40(45-41)29-18-10-5-11-19-29;1-35(2)27-16-8-6-14-23(27)25-20-26-24-15-7-11-19-31(24)38(32(26)21-28(25)35)34-33(22-12-4-3-5-13-22)36-29-17-9-10-18-30(29)37-34/h3-27H,1-2H3;3-26H,1-2H3;3-21H,1-2H3. The van der Waals surface area contributed by atoms with Crippen LogP contribution in [0.4, 0.5) is 0 Å². The van der Waals surface area contributed by atoms with Gasteiger partial charge < -0.3 is 0 Å². The Morgan fingerprint density at radius 3 is 1.01 bits per heavy atom. The van der Waals surface area contributed by atoms with Crippen LogP contribution in [-0.2, 0) is 16.2 Å². The van der Waals surface area contributed by atoms with Gasteiger partial charge >= 0.3 is 0 Å². The van der Waals surface area contributed by atoms with Crippen molar-refractivity contribution in [3.63, 3.8) is 0 Å². The number of rotatable bonds is 10. The lowest BCUT2D eigenvalue weighted by Crippen LogP contribution is -2.15. The summed E-state index contributed by atoms with van der Waals surface area (Å²) in [5.41, 5.74) is 36.6. The van der Waals surface area contributed by atoms with Gasteiger partial charge in [-0.1, -0.05) is 369 Å². The van der Waals surface area contributed by atoms with Crippen LogP contribution in [0, 0.1) is 0 Å². The molecule has 0 amide bonds. The molecular weight excluding hydrogens is 1580 g/mol. The van der Waals surface area contributed by atoms with E-state index in [4.69, 9.17) is 34.9 Å². The summed E-state index contributed by atoms with van der Waals surface area (Å²) in [6, 6.07) is 146. The van der Waals surface area contributed by atoms with E-state index in [9.17, 15) is 0 Å². The molecule has 26 rings (SSSR count). The zero-order chi connectivity index (χ0) is 87.1. The highest BCUT2D eigenvalue weighted by atomic mass is 15.2. The monoisotopic (exact) mass is 1670 g/mol. The first kappa shape index (κ1) is 77.2. The highest BCUT2D eigenvalue weighted by Gasteiger charge is 2.40. The quantitative estimate of drug-likeness (QED) is 0.134. The van der Waals surface area contributed by atoms with Crippen molar-refractivity contribution in [1.29, 1.82) is 0 Å². The molecule has 3 aliphatic rings. The van der Waals surface area contributed by atoms with E-state index in [2.05, 4.69) is 395 Å². The van der Waals surface area contributed by atoms with Crippen LogP contribution in [0.15, 0.2) is 413 Å². The summed E-state index contributed by atoms with van der Waals surface area (Å²) >= 11 is 0. The van der Waals surface area contributed by atoms with E-state index in [0.29, 0.717) is 23.5 Å². The van der Waals surface area contributed by atoms with Gasteiger partial charge in [-0.15, -0.1) is 0 Å². The van der Waals surface area contributed by atoms with E-state index in [1.54, 1.807) is 0 Å². The van der Waals surface area contributed by atoms with Gasteiger partial charge in [0, 0.05) is 76.4 Å². The smallest absolute Gasteiger partial charge is 0.238 e. The molecule has 0 N–H and O–H groups in total. The maximum atomic E-state index is 5.33. The number of para-hydroxylation sites is 4. The molecule has 10 heteroatoms. The Balaban J connectivity index is 0.000000109. The molecule has 0 saturated carbocycles. The minimum Gasteiger partial charge on any atom is -0.292 e. The molecule has 0 spiro atoms. The first-order valence-corrected chi connectivity index (χ1v) is 44.7. The lowest BCUT2D eigenvalue weighted by Gasteiger charge is -2.21. The van der Waals surface area contributed by atoms with Crippen molar-refractivity contribution in [3.05, 3.63) is 446 Å². The molecular formula is C120H86N10. The molecule has 0 radical (unpaired) electrons. The highest BCUT2D eigenvalue weighted by molar-refractivity contribution is 6.15. The number of hydrogen-bond donors (Lipinski definition) is 0. The number of hydrogen-bond acceptors (Lipinski definition) is 7. The van der Waals surface area contributed by atoms with Crippen LogP contribution in [0.5, 0.6) is 0 Å². The average Bonchev–Trinajstić information content (AvgIpc) is 1.56. The van der Waals surface area contributed by atoms with Crippen LogP contribution in [0.25, 0.3) is 206 Å². The second-order valence-corrected chi connectivity index (χ2v) is 35.9. The third kappa shape index (κ3) is 12.6. The topological polar surface area (TPSA) is 105 Å². The van der Waals surface area contributed by atoms with Crippen LogP contribution in [0.3, 0.4) is 0 Å². The third-order valence-corrected chi connectivity index (χ3v) is 27.3. The molecule has 0 aliphatic heterocycles. The first-order chi connectivity index (χ1) is 63.7. The van der Waals surface area contributed by atoms with E-state index in [1.807, 2.05) is 72.8 Å². The molecule has 3 aliphatic carbocycles. The molecule has 6 heterocycles. The Kier molecular flexibility index (Phi) is 18.1. The summed E-state index contributed by atoms with van der Waals surface area (Å²) in [7, 11) is 0. The van der Waals surface area contributed by atoms with Gasteiger partial charge in [-0.3, -0.25) is 13.7 Å². The summed E-state index contributed by atoms with van der Waals surface area (Å²) in [5.74, 6) is 3.42. The van der Waals surface area contributed by atoms with E-state index in [-0.39, 0.29) is 16.2 Å².